The van der Waals surface area contributed by atoms with Gasteiger partial charge in [0.25, 0.3) is 0 Å². The molecule has 3 aromatic carbocycles. The van der Waals surface area contributed by atoms with Gasteiger partial charge in [0.1, 0.15) is 5.82 Å². The lowest BCUT2D eigenvalue weighted by atomic mass is 9.85. The molecular weight excluding hydrogens is 495 g/mol. The number of carboxylic acids is 1. The van der Waals surface area contributed by atoms with Crippen LogP contribution in [0.3, 0.4) is 0 Å². The molecule has 192 valence electrons. The SMILES string of the molecule is CC(C)(Cc1ccc(C(=O)CN2CCC(C(=O)Nc3ccc(Cl)cc3)c3ccccc32)cc1F)C(=O)O. The molecule has 1 aliphatic rings. The quantitative estimate of drug-likeness (QED) is 0.357. The Bertz CT molecular complexity index is 1340. The Hall–Kier alpha value is -3.71. The minimum atomic E-state index is -1.12. The number of fused-ring (bicyclic) bond motifs is 1. The summed E-state index contributed by atoms with van der Waals surface area (Å²) in [5, 5.41) is 12.8. The lowest BCUT2D eigenvalue weighted by molar-refractivity contribution is -0.146. The molecule has 2 N–H and O–H groups in total. The van der Waals surface area contributed by atoms with Crippen molar-refractivity contribution in [2.75, 3.05) is 23.3 Å². The first-order chi connectivity index (χ1) is 17.5. The van der Waals surface area contributed by atoms with E-state index >= 15 is 0 Å². The Labute approximate surface area is 220 Å². The lowest BCUT2D eigenvalue weighted by Crippen LogP contribution is -2.38. The largest absolute Gasteiger partial charge is 0.481 e. The number of amides is 1. The van der Waals surface area contributed by atoms with Crippen LogP contribution in [0.15, 0.2) is 66.7 Å². The van der Waals surface area contributed by atoms with Crippen molar-refractivity contribution in [3.63, 3.8) is 0 Å². The third kappa shape index (κ3) is 6.00. The smallest absolute Gasteiger partial charge is 0.309 e. The predicted molar refractivity (Wildman–Crippen MR) is 142 cm³/mol. The highest BCUT2D eigenvalue weighted by Gasteiger charge is 2.32. The molecule has 4 rings (SSSR count). The van der Waals surface area contributed by atoms with Crippen molar-refractivity contribution in [3.8, 4) is 0 Å². The van der Waals surface area contributed by atoms with Crippen LogP contribution in [-0.4, -0.2) is 35.9 Å². The average molecular weight is 523 g/mol. The summed E-state index contributed by atoms with van der Waals surface area (Å²) in [6, 6.07) is 18.6. The molecule has 0 aromatic heterocycles. The second-order valence-electron chi connectivity index (χ2n) is 9.91. The fraction of sp³-hybridized carbons (Fsp3) is 0.276. The number of nitrogens with zero attached hydrogens (tertiary/aromatic N) is 1. The number of rotatable bonds is 8. The van der Waals surface area contributed by atoms with E-state index in [2.05, 4.69) is 5.32 Å². The van der Waals surface area contributed by atoms with E-state index in [1.54, 1.807) is 24.3 Å². The second kappa shape index (κ2) is 10.7. The number of hydrogen-bond donors (Lipinski definition) is 2. The fourth-order valence-electron chi connectivity index (χ4n) is 4.51. The summed E-state index contributed by atoms with van der Waals surface area (Å²) in [5.41, 5.74) is 1.61. The molecule has 3 aromatic rings. The second-order valence-corrected chi connectivity index (χ2v) is 10.3. The number of anilines is 2. The standard InChI is InChI=1S/C29H28ClFN2O4/c1-29(2,28(36)37)16-19-8-7-18(15-24(19)31)26(34)17-33-14-13-23(22-5-3-4-6-25(22)33)27(35)32-21-11-9-20(30)10-12-21/h3-12,15,23H,13-14,16-17H2,1-2H3,(H,32,35)(H,36,37). The number of carbonyl (C=O) groups is 3. The van der Waals surface area contributed by atoms with E-state index in [4.69, 9.17) is 11.6 Å². The van der Waals surface area contributed by atoms with Gasteiger partial charge in [-0.3, -0.25) is 14.4 Å². The van der Waals surface area contributed by atoms with Gasteiger partial charge in [-0.2, -0.15) is 0 Å². The molecular formula is C29H28ClFN2O4. The number of carboxylic acid groups (broad SMARTS) is 1. The van der Waals surface area contributed by atoms with Crippen LogP contribution in [0.1, 0.15) is 47.7 Å². The highest BCUT2D eigenvalue weighted by molar-refractivity contribution is 6.30. The minimum Gasteiger partial charge on any atom is -0.481 e. The maximum absolute atomic E-state index is 14.8. The Morgan fingerprint density at radius 1 is 1.08 bits per heavy atom. The van der Waals surface area contributed by atoms with Crippen molar-refractivity contribution in [1.82, 2.24) is 0 Å². The third-order valence-electron chi connectivity index (χ3n) is 6.69. The molecule has 0 aliphatic carbocycles. The molecule has 0 saturated heterocycles. The molecule has 0 saturated carbocycles. The van der Waals surface area contributed by atoms with Gasteiger partial charge in [0.05, 0.1) is 17.9 Å². The zero-order chi connectivity index (χ0) is 26.7. The van der Waals surface area contributed by atoms with Crippen LogP contribution >= 0.6 is 11.6 Å². The number of nitrogens with one attached hydrogen (secondary N) is 1. The van der Waals surface area contributed by atoms with Crippen LogP contribution in [-0.2, 0) is 16.0 Å². The number of ketones is 1. The molecule has 6 nitrogen and oxygen atoms in total. The van der Waals surface area contributed by atoms with Gasteiger partial charge in [0.2, 0.25) is 5.91 Å². The van der Waals surface area contributed by atoms with E-state index < -0.39 is 17.2 Å². The van der Waals surface area contributed by atoms with Crippen LogP contribution in [0.5, 0.6) is 0 Å². The van der Waals surface area contributed by atoms with Crippen LogP contribution in [0, 0.1) is 11.2 Å². The molecule has 1 amide bonds. The molecule has 0 spiro atoms. The van der Waals surface area contributed by atoms with Gasteiger partial charge in [-0.25, -0.2) is 4.39 Å². The first kappa shape index (κ1) is 26.4. The number of hydrogen-bond acceptors (Lipinski definition) is 4. The van der Waals surface area contributed by atoms with Crippen molar-refractivity contribution in [1.29, 1.82) is 0 Å². The van der Waals surface area contributed by atoms with E-state index in [0.29, 0.717) is 23.7 Å². The summed E-state index contributed by atoms with van der Waals surface area (Å²) in [7, 11) is 0. The van der Waals surface area contributed by atoms with Gasteiger partial charge in [-0.15, -0.1) is 0 Å². The van der Waals surface area contributed by atoms with Crippen LogP contribution in [0.2, 0.25) is 5.02 Å². The van der Waals surface area contributed by atoms with Gasteiger partial charge in [-0.05, 0) is 74.2 Å². The molecule has 1 aliphatic heterocycles. The zero-order valence-electron chi connectivity index (χ0n) is 20.6. The van der Waals surface area contributed by atoms with Gasteiger partial charge in [-0.1, -0.05) is 41.9 Å². The highest BCUT2D eigenvalue weighted by atomic mass is 35.5. The molecule has 0 bridgehead atoms. The lowest BCUT2D eigenvalue weighted by Gasteiger charge is -2.34. The fourth-order valence-corrected chi connectivity index (χ4v) is 4.64. The summed E-state index contributed by atoms with van der Waals surface area (Å²) in [6.07, 6.45) is 0.531. The predicted octanol–water partition coefficient (Wildman–Crippen LogP) is 5.95. The normalized spacial score (nSPS) is 15.1. The Morgan fingerprint density at radius 2 is 1.78 bits per heavy atom. The maximum Gasteiger partial charge on any atom is 0.309 e. The van der Waals surface area contributed by atoms with Gasteiger partial charge in [0.15, 0.2) is 5.78 Å². The summed E-state index contributed by atoms with van der Waals surface area (Å²) >= 11 is 5.93. The van der Waals surface area contributed by atoms with Gasteiger partial charge >= 0.3 is 5.97 Å². The third-order valence-corrected chi connectivity index (χ3v) is 6.94. The Balaban J connectivity index is 1.48. The number of halogens is 2. The number of Topliss-reactive ketones (excluding diaryl/α,β-unsaturated/α-hetero) is 1. The molecule has 0 radical (unpaired) electrons. The van der Waals surface area contributed by atoms with Crippen molar-refractivity contribution in [2.24, 2.45) is 5.41 Å². The summed E-state index contributed by atoms with van der Waals surface area (Å²) in [5.74, 6) is -2.40. The van der Waals surface area contributed by atoms with Crippen LogP contribution in [0.25, 0.3) is 0 Å². The van der Waals surface area contributed by atoms with E-state index in [9.17, 15) is 23.9 Å². The first-order valence-electron chi connectivity index (χ1n) is 12.0. The molecule has 0 fully saturated rings. The van der Waals surface area contributed by atoms with E-state index in [0.717, 1.165) is 11.3 Å². The number of aliphatic carboxylic acids is 1. The van der Waals surface area contributed by atoms with Crippen LogP contribution < -0.4 is 10.2 Å². The Morgan fingerprint density at radius 3 is 2.46 bits per heavy atom. The summed E-state index contributed by atoms with van der Waals surface area (Å²) < 4.78 is 14.8. The zero-order valence-corrected chi connectivity index (χ0v) is 21.4. The molecule has 1 heterocycles. The van der Waals surface area contributed by atoms with Gasteiger partial charge < -0.3 is 15.3 Å². The molecule has 8 heteroatoms. The van der Waals surface area contributed by atoms with Gasteiger partial charge in [0, 0.05) is 28.5 Å². The van der Waals surface area contributed by atoms with E-state index in [1.807, 2.05) is 29.2 Å². The van der Waals surface area contributed by atoms with Crippen LogP contribution in [0.4, 0.5) is 15.8 Å². The maximum atomic E-state index is 14.8. The molecule has 1 atom stereocenters. The van der Waals surface area contributed by atoms with Crippen molar-refractivity contribution < 1.29 is 23.9 Å². The number of para-hydroxylation sites is 1. The Kier molecular flexibility index (Phi) is 7.64. The monoisotopic (exact) mass is 522 g/mol. The number of carbonyl (C=O) groups excluding carboxylic acids is 2. The molecule has 37 heavy (non-hydrogen) atoms. The topological polar surface area (TPSA) is 86.7 Å². The molecule has 1 unspecified atom stereocenters. The summed E-state index contributed by atoms with van der Waals surface area (Å²) in [4.78, 5) is 39.4. The van der Waals surface area contributed by atoms with Crippen molar-refractivity contribution in [2.45, 2.75) is 32.6 Å². The first-order valence-corrected chi connectivity index (χ1v) is 12.4. The van der Waals surface area contributed by atoms with E-state index in [-0.39, 0.29) is 41.7 Å². The van der Waals surface area contributed by atoms with E-state index in [1.165, 1.54) is 32.0 Å². The average Bonchev–Trinajstić information content (AvgIpc) is 2.86. The number of benzene rings is 3. The summed E-state index contributed by atoms with van der Waals surface area (Å²) in [6.45, 7) is 3.58. The van der Waals surface area contributed by atoms with Crippen molar-refractivity contribution >= 4 is 40.6 Å². The highest BCUT2D eigenvalue weighted by Crippen LogP contribution is 2.36. The minimum absolute atomic E-state index is 0.0155. The van der Waals surface area contributed by atoms with Crippen molar-refractivity contribution in [3.05, 3.63) is 94.3 Å².